The average molecular weight is 472 g/mol. The van der Waals surface area contributed by atoms with Gasteiger partial charge in [0.25, 0.3) is 0 Å². The van der Waals surface area contributed by atoms with Gasteiger partial charge in [-0.2, -0.15) is 0 Å². The van der Waals surface area contributed by atoms with Crippen LogP contribution in [0.1, 0.15) is 54.7 Å². The Morgan fingerprint density at radius 1 is 0.657 bits per heavy atom. The van der Waals surface area contributed by atoms with Crippen LogP contribution in [0.15, 0.2) is 84.9 Å². The number of hydrogen-bond donors (Lipinski definition) is 1. The van der Waals surface area contributed by atoms with E-state index in [4.69, 9.17) is 14.2 Å². The van der Waals surface area contributed by atoms with Crippen LogP contribution in [-0.2, 0) is 22.7 Å². The minimum atomic E-state index is 0.222. The lowest BCUT2D eigenvalue weighted by atomic mass is 9.82. The molecule has 4 heteroatoms. The van der Waals surface area contributed by atoms with Crippen LogP contribution < -0.4 is 10.1 Å². The lowest BCUT2D eigenvalue weighted by Crippen LogP contribution is -2.38. The largest absolute Gasteiger partial charge is 0.489 e. The maximum atomic E-state index is 6.40. The van der Waals surface area contributed by atoms with E-state index in [-0.39, 0.29) is 12.1 Å². The molecule has 184 valence electrons. The second-order valence-electron chi connectivity index (χ2n) is 9.80. The molecule has 2 aliphatic rings. The Labute approximate surface area is 209 Å². The molecule has 5 rings (SSSR count). The topological polar surface area (TPSA) is 39.7 Å². The number of hydrogen-bond acceptors (Lipinski definition) is 4. The zero-order valence-electron chi connectivity index (χ0n) is 20.5. The highest BCUT2D eigenvalue weighted by molar-refractivity contribution is 5.37. The van der Waals surface area contributed by atoms with Crippen LogP contribution in [0.4, 0.5) is 0 Å². The summed E-state index contributed by atoms with van der Waals surface area (Å²) in [5.41, 5.74) is 3.77. The van der Waals surface area contributed by atoms with Gasteiger partial charge in [-0.1, -0.05) is 78.9 Å². The van der Waals surface area contributed by atoms with Gasteiger partial charge in [-0.05, 0) is 67.3 Å². The zero-order valence-corrected chi connectivity index (χ0v) is 20.5. The molecule has 0 unspecified atom stereocenters. The Kier molecular flexibility index (Phi) is 8.48. The summed E-state index contributed by atoms with van der Waals surface area (Å²) in [6.07, 6.45) is 6.08. The summed E-state index contributed by atoms with van der Waals surface area (Å²) in [5.74, 6) is 1.56. The molecule has 0 radical (unpaired) electrons. The van der Waals surface area contributed by atoms with Crippen LogP contribution >= 0.6 is 0 Å². The van der Waals surface area contributed by atoms with Crippen molar-refractivity contribution in [1.82, 2.24) is 5.32 Å². The number of rotatable bonds is 10. The van der Waals surface area contributed by atoms with E-state index in [1.165, 1.54) is 16.7 Å². The molecule has 4 nitrogen and oxygen atoms in total. The van der Waals surface area contributed by atoms with E-state index in [0.717, 1.165) is 51.0 Å². The van der Waals surface area contributed by atoms with Gasteiger partial charge in [0, 0.05) is 0 Å². The Bertz CT molecular complexity index is 1020. The number of para-hydroxylation sites is 1. The molecule has 1 N–H and O–H groups in total. The highest BCUT2D eigenvalue weighted by Crippen LogP contribution is 2.38. The first kappa shape index (κ1) is 24.1. The molecule has 1 saturated heterocycles. The maximum Gasteiger partial charge on any atom is 0.123 e. The minimum absolute atomic E-state index is 0.222. The molecule has 0 spiro atoms. The van der Waals surface area contributed by atoms with Gasteiger partial charge in [0.1, 0.15) is 12.4 Å². The Morgan fingerprint density at radius 2 is 1.31 bits per heavy atom. The molecule has 1 aliphatic carbocycles. The molecular formula is C31H37NO3. The molecule has 1 heterocycles. The SMILES string of the molecule is c1ccc(COc2ccccc2C2CCC(OC[C@@H]3NCC[C@H]3OCc3ccccc3)CC2)cc1. The quantitative estimate of drug-likeness (QED) is 0.379. The molecule has 3 aromatic carbocycles. The van der Waals surface area contributed by atoms with Gasteiger partial charge < -0.3 is 19.5 Å². The predicted octanol–water partition coefficient (Wildman–Crippen LogP) is 6.26. The first-order chi connectivity index (χ1) is 17.3. The summed E-state index contributed by atoms with van der Waals surface area (Å²) >= 11 is 0. The van der Waals surface area contributed by atoms with Crippen LogP contribution in [-0.4, -0.2) is 31.4 Å². The lowest BCUT2D eigenvalue weighted by Gasteiger charge is -2.31. The van der Waals surface area contributed by atoms with Crippen LogP contribution in [0, 0.1) is 0 Å². The molecule has 0 amide bonds. The third kappa shape index (κ3) is 6.72. The first-order valence-corrected chi connectivity index (χ1v) is 13.1. The van der Waals surface area contributed by atoms with Crippen LogP contribution in [0.3, 0.4) is 0 Å². The lowest BCUT2D eigenvalue weighted by molar-refractivity contribution is -0.0264. The van der Waals surface area contributed by atoms with Crippen molar-refractivity contribution < 1.29 is 14.2 Å². The van der Waals surface area contributed by atoms with Crippen molar-refractivity contribution in [2.45, 2.75) is 69.5 Å². The highest BCUT2D eigenvalue weighted by Gasteiger charge is 2.30. The van der Waals surface area contributed by atoms with E-state index in [1.807, 2.05) is 12.1 Å². The van der Waals surface area contributed by atoms with Crippen molar-refractivity contribution >= 4 is 0 Å². The Balaban J connectivity index is 1.08. The fraction of sp³-hybridized carbons (Fsp3) is 0.419. The summed E-state index contributed by atoms with van der Waals surface area (Å²) in [5, 5.41) is 3.59. The molecule has 2 fully saturated rings. The normalized spacial score (nSPS) is 24.3. The summed E-state index contributed by atoms with van der Waals surface area (Å²) in [4.78, 5) is 0. The van der Waals surface area contributed by atoms with E-state index in [1.54, 1.807) is 0 Å². The molecule has 3 aromatic rings. The van der Waals surface area contributed by atoms with E-state index in [9.17, 15) is 0 Å². The van der Waals surface area contributed by atoms with Gasteiger partial charge in [0.15, 0.2) is 0 Å². The molecule has 2 atom stereocenters. The fourth-order valence-corrected chi connectivity index (χ4v) is 5.35. The van der Waals surface area contributed by atoms with Gasteiger partial charge in [-0.15, -0.1) is 0 Å². The van der Waals surface area contributed by atoms with Gasteiger partial charge >= 0.3 is 0 Å². The average Bonchev–Trinajstić information content (AvgIpc) is 3.39. The van der Waals surface area contributed by atoms with E-state index >= 15 is 0 Å². The molecule has 1 saturated carbocycles. The summed E-state index contributed by atoms with van der Waals surface area (Å²) in [7, 11) is 0. The summed E-state index contributed by atoms with van der Waals surface area (Å²) in [6.45, 7) is 3.00. The van der Waals surface area contributed by atoms with Crippen molar-refractivity contribution in [2.75, 3.05) is 13.2 Å². The van der Waals surface area contributed by atoms with Crippen LogP contribution in [0.25, 0.3) is 0 Å². The van der Waals surface area contributed by atoms with Crippen molar-refractivity contribution in [3.8, 4) is 5.75 Å². The van der Waals surface area contributed by atoms with Gasteiger partial charge in [-0.25, -0.2) is 0 Å². The van der Waals surface area contributed by atoms with E-state index < -0.39 is 0 Å². The molecule has 0 bridgehead atoms. The Morgan fingerprint density at radius 3 is 2.06 bits per heavy atom. The predicted molar refractivity (Wildman–Crippen MR) is 140 cm³/mol. The minimum Gasteiger partial charge on any atom is -0.489 e. The van der Waals surface area contributed by atoms with Crippen molar-refractivity contribution in [2.24, 2.45) is 0 Å². The fourth-order valence-electron chi connectivity index (χ4n) is 5.35. The third-order valence-corrected chi connectivity index (χ3v) is 7.37. The second kappa shape index (κ2) is 12.3. The van der Waals surface area contributed by atoms with Crippen molar-refractivity contribution in [3.63, 3.8) is 0 Å². The van der Waals surface area contributed by atoms with Crippen molar-refractivity contribution in [1.29, 1.82) is 0 Å². The highest BCUT2D eigenvalue weighted by atomic mass is 16.5. The summed E-state index contributed by atoms with van der Waals surface area (Å²) < 4.78 is 18.9. The summed E-state index contributed by atoms with van der Waals surface area (Å²) in [6, 6.07) is 29.6. The van der Waals surface area contributed by atoms with Crippen LogP contribution in [0.5, 0.6) is 5.75 Å². The molecule has 1 aliphatic heterocycles. The standard InChI is InChI=1S/C31H37NO3/c1-3-9-24(10-4-1)21-34-30-14-8-7-13-28(30)26-15-17-27(18-16-26)33-23-29-31(19-20-32-29)35-22-25-11-5-2-6-12-25/h1-14,26-27,29,31-32H,15-23H2/t26?,27?,29-,31+/m0/s1. The molecule has 0 aromatic heterocycles. The first-order valence-electron chi connectivity index (χ1n) is 13.1. The monoisotopic (exact) mass is 471 g/mol. The second-order valence-corrected chi connectivity index (χ2v) is 9.80. The Hall–Kier alpha value is -2.66. The van der Waals surface area contributed by atoms with Gasteiger partial charge in [-0.3, -0.25) is 0 Å². The van der Waals surface area contributed by atoms with Gasteiger partial charge in [0.05, 0.1) is 31.5 Å². The van der Waals surface area contributed by atoms with Crippen molar-refractivity contribution in [3.05, 3.63) is 102 Å². The number of benzene rings is 3. The maximum absolute atomic E-state index is 6.40. The smallest absolute Gasteiger partial charge is 0.123 e. The van der Waals surface area contributed by atoms with Gasteiger partial charge in [0.2, 0.25) is 0 Å². The van der Waals surface area contributed by atoms with Crippen LogP contribution in [0.2, 0.25) is 0 Å². The van der Waals surface area contributed by atoms with E-state index in [0.29, 0.717) is 25.2 Å². The third-order valence-electron chi connectivity index (χ3n) is 7.37. The number of ether oxygens (including phenoxy) is 3. The van der Waals surface area contributed by atoms with E-state index in [2.05, 4.69) is 78.1 Å². The molecular weight excluding hydrogens is 434 g/mol. The number of nitrogens with one attached hydrogen (secondary N) is 1. The molecule has 35 heavy (non-hydrogen) atoms. The zero-order chi connectivity index (χ0) is 23.7.